The molecule has 1 fully saturated rings. The molecule has 1 atom stereocenters. The third-order valence-electron chi connectivity index (χ3n) is 2.40. The van der Waals surface area contributed by atoms with Gasteiger partial charge in [-0.25, -0.2) is 0 Å². The molecule has 0 spiro atoms. The summed E-state index contributed by atoms with van der Waals surface area (Å²) in [4.78, 5) is 11.5. The fraction of sp³-hybridized carbons (Fsp3) is 0.900. The van der Waals surface area contributed by atoms with Crippen LogP contribution in [0.5, 0.6) is 0 Å². The minimum absolute atomic E-state index is 0. The number of hydrogen-bond donors (Lipinski definition) is 3. The zero-order chi connectivity index (χ0) is 10.9. The molecular formula is C10H22ClN3O2. The van der Waals surface area contributed by atoms with Gasteiger partial charge in [0, 0.05) is 19.6 Å². The van der Waals surface area contributed by atoms with Crippen LogP contribution in [-0.2, 0) is 9.53 Å². The maximum atomic E-state index is 11.5. The van der Waals surface area contributed by atoms with Gasteiger partial charge in [0.15, 0.2) is 0 Å². The number of hydrogen-bond acceptors (Lipinski definition) is 4. The summed E-state index contributed by atoms with van der Waals surface area (Å²) in [5.41, 5.74) is 5.37. The lowest BCUT2D eigenvalue weighted by atomic mass is 10.2. The van der Waals surface area contributed by atoms with Gasteiger partial charge in [0.25, 0.3) is 0 Å². The van der Waals surface area contributed by atoms with Crippen molar-refractivity contribution in [2.24, 2.45) is 5.73 Å². The highest BCUT2D eigenvalue weighted by Crippen LogP contribution is 1.96. The average molecular weight is 252 g/mol. The van der Waals surface area contributed by atoms with E-state index in [0.29, 0.717) is 13.2 Å². The molecule has 4 N–H and O–H groups in total. The van der Waals surface area contributed by atoms with Crippen molar-refractivity contribution < 1.29 is 9.53 Å². The van der Waals surface area contributed by atoms with Crippen molar-refractivity contribution in [1.29, 1.82) is 0 Å². The zero-order valence-electron chi connectivity index (χ0n) is 9.54. The number of carbonyl (C=O) groups excluding carboxylic acids is 1. The van der Waals surface area contributed by atoms with Crippen LogP contribution in [0.2, 0.25) is 0 Å². The largest absolute Gasteiger partial charge is 0.366 e. The summed E-state index contributed by atoms with van der Waals surface area (Å²) >= 11 is 0. The van der Waals surface area contributed by atoms with E-state index in [0.717, 1.165) is 38.9 Å². The molecule has 5 nitrogen and oxygen atoms in total. The Bertz CT molecular complexity index is 187. The Kier molecular flexibility index (Phi) is 9.62. The van der Waals surface area contributed by atoms with E-state index in [1.807, 2.05) is 0 Å². The van der Waals surface area contributed by atoms with Crippen LogP contribution in [0.15, 0.2) is 0 Å². The lowest BCUT2D eigenvalue weighted by Crippen LogP contribution is -2.48. The van der Waals surface area contributed by atoms with Crippen LogP contribution in [0.25, 0.3) is 0 Å². The van der Waals surface area contributed by atoms with Gasteiger partial charge in [-0.2, -0.15) is 0 Å². The summed E-state index contributed by atoms with van der Waals surface area (Å²) in [5, 5.41) is 5.99. The molecule has 0 aromatic heterocycles. The van der Waals surface area contributed by atoms with Gasteiger partial charge in [-0.05, 0) is 19.4 Å². The van der Waals surface area contributed by atoms with E-state index in [2.05, 4.69) is 10.6 Å². The molecule has 1 aliphatic rings. The SMILES string of the molecule is Cl.NCCCCCNC(=O)C1CNCCO1. The molecule has 1 amide bonds. The molecule has 1 unspecified atom stereocenters. The smallest absolute Gasteiger partial charge is 0.250 e. The Hall–Kier alpha value is -0.360. The molecule has 16 heavy (non-hydrogen) atoms. The number of nitrogens with two attached hydrogens (primary N) is 1. The molecule has 0 aromatic carbocycles. The lowest BCUT2D eigenvalue weighted by Gasteiger charge is -2.22. The first-order valence-corrected chi connectivity index (χ1v) is 5.64. The van der Waals surface area contributed by atoms with Crippen molar-refractivity contribution in [2.75, 3.05) is 32.8 Å². The number of morpholine rings is 1. The molecule has 1 heterocycles. The van der Waals surface area contributed by atoms with Crippen molar-refractivity contribution >= 4 is 18.3 Å². The van der Waals surface area contributed by atoms with E-state index >= 15 is 0 Å². The molecule has 0 bridgehead atoms. The van der Waals surface area contributed by atoms with Gasteiger partial charge in [-0.15, -0.1) is 12.4 Å². The minimum atomic E-state index is -0.312. The number of rotatable bonds is 6. The quantitative estimate of drug-likeness (QED) is 0.564. The standard InChI is InChI=1S/C10H21N3O2.ClH/c11-4-2-1-3-5-13-10(14)9-8-12-6-7-15-9;/h9,12H,1-8,11H2,(H,13,14);1H. The third-order valence-corrected chi connectivity index (χ3v) is 2.40. The van der Waals surface area contributed by atoms with E-state index in [1.54, 1.807) is 0 Å². The normalized spacial score (nSPS) is 19.9. The van der Waals surface area contributed by atoms with E-state index < -0.39 is 0 Å². The van der Waals surface area contributed by atoms with Crippen molar-refractivity contribution in [2.45, 2.75) is 25.4 Å². The van der Waals surface area contributed by atoms with Gasteiger partial charge < -0.3 is 21.1 Å². The molecule has 1 saturated heterocycles. The Morgan fingerprint density at radius 3 is 2.88 bits per heavy atom. The summed E-state index contributed by atoms with van der Waals surface area (Å²) in [6.45, 7) is 3.52. The first kappa shape index (κ1) is 15.6. The van der Waals surface area contributed by atoms with Crippen molar-refractivity contribution in [3.63, 3.8) is 0 Å². The first-order valence-electron chi connectivity index (χ1n) is 5.64. The van der Waals surface area contributed by atoms with Crippen LogP contribution in [0.1, 0.15) is 19.3 Å². The Labute approximate surface area is 103 Å². The van der Waals surface area contributed by atoms with Crippen LogP contribution in [0, 0.1) is 0 Å². The molecule has 96 valence electrons. The molecule has 6 heteroatoms. The van der Waals surface area contributed by atoms with E-state index in [9.17, 15) is 4.79 Å². The number of halogens is 1. The fourth-order valence-electron chi connectivity index (χ4n) is 1.51. The second-order valence-corrected chi connectivity index (χ2v) is 3.70. The highest BCUT2D eigenvalue weighted by Gasteiger charge is 2.20. The summed E-state index contributed by atoms with van der Waals surface area (Å²) < 4.78 is 5.32. The summed E-state index contributed by atoms with van der Waals surface area (Å²) in [5.74, 6) is -0.00468. The third kappa shape index (κ3) is 6.27. The maximum absolute atomic E-state index is 11.5. The summed E-state index contributed by atoms with van der Waals surface area (Å²) in [6.07, 6.45) is 2.77. The van der Waals surface area contributed by atoms with Gasteiger partial charge in [0.2, 0.25) is 5.91 Å². The van der Waals surface area contributed by atoms with E-state index in [4.69, 9.17) is 10.5 Å². The van der Waals surface area contributed by atoms with Crippen LogP contribution in [-0.4, -0.2) is 44.8 Å². The van der Waals surface area contributed by atoms with Gasteiger partial charge >= 0.3 is 0 Å². The molecule has 0 radical (unpaired) electrons. The second-order valence-electron chi connectivity index (χ2n) is 3.70. The van der Waals surface area contributed by atoms with Gasteiger partial charge in [-0.1, -0.05) is 6.42 Å². The topological polar surface area (TPSA) is 76.4 Å². The van der Waals surface area contributed by atoms with Crippen LogP contribution >= 0.6 is 12.4 Å². The number of carbonyl (C=O) groups is 1. The summed E-state index contributed by atoms with van der Waals surface area (Å²) in [7, 11) is 0. The number of nitrogens with one attached hydrogen (secondary N) is 2. The molecule has 0 aromatic rings. The zero-order valence-corrected chi connectivity index (χ0v) is 10.4. The Balaban J connectivity index is 0.00000225. The second kappa shape index (κ2) is 9.84. The predicted octanol–water partition coefficient (Wildman–Crippen LogP) is -0.358. The highest BCUT2D eigenvalue weighted by atomic mass is 35.5. The van der Waals surface area contributed by atoms with Gasteiger partial charge in [-0.3, -0.25) is 4.79 Å². The van der Waals surface area contributed by atoms with Crippen LogP contribution in [0.3, 0.4) is 0 Å². The number of amides is 1. The number of ether oxygens (including phenoxy) is 1. The van der Waals surface area contributed by atoms with Crippen LogP contribution < -0.4 is 16.4 Å². The molecule has 0 saturated carbocycles. The Morgan fingerprint density at radius 1 is 1.44 bits per heavy atom. The lowest BCUT2D eigenvalue weighted by molar-refractivity contribution is -0.134. The van der Waals surface area contributed by atoms with Crippen molar-refractivity contribution in [3.05, 3.63) is 0 Å². The Morgan fingerprint density at radius 2 is 2.25 bits per heavy atom. The molecular weight excluding hydrogens is 230 g/mol. The minimum Gasteiger partial charge on any atom is -0.366 e. The van der Waals surface area contributed by atoms with E-state index in [-0.39, 0.29) is 24.4 Å². The van der Waals surface area contributed by atoms with Crippen LogP contribution in [0.4, 0.5) is 0 Å². The van der Waals surface area contributed by atoms with Gasteiger partial charge in [0.05, 0.1) is 6.61 Å². The maximum Gasteiger partial charge on any atom is 0.250 e. The van der Waals surface area contributed by atoms with E-state index in [1.165, 1.54) is 0 Å². The molecule has 1 aliphatic heterocycles. The molecule has 0 aliphatic carbocycles. The average Bonchev–Trinajstić information content (AvgIpc) is 2.30. The van der Waals surface area contributed by atoms with Gasteiger partial charge in [0.1, 0.15) is 6.10 Å². The summed E-state index contributed by atoms with van der Waals surface area (Å²) in [6, 6.07) is 0. The predicted molar refractivity (Wildman–Crippen MR) is 65.8 cm³/mol. The highest BCUT2D eigenvalue weighted by molar-refractivity contribution is 5.85. The van der Waals surface area contributed by atoms with Crippen molar-refractivity contribution in [3.8, 4) is 0 Å². The number of unbranched alkanes of at least 4 members (excludes halogenated alkanes) is 2. The van der Waals surface area contributed by atoms with Crippen molar-refractivity contribution in [1.82, 2.24) is 10.6 Å². The monoisotopic (exact) mass is 251 g/mol. The first-order chi connectivity index (χ1) is 7.34. The fourth-order valence-corrected chi connectivity index (χ4v) is 1.51. The molecule has 1 rings (SSSR count).